The van der Waals surface area contributed by atoms with Crippen LogP contribution in [0, 0.1) is 6.92 Å². The average Bonchev–Trinajstić information content (AvgIpc) is 3.14. The minimum atomic E-state index is -0.349. The number of benzene rings is 2. The lowest BCUT2D eigenvalue weighted by Crippen LogP contribution is -2.35. The first kappa shape index (κ1) is 18.7. The molecule has 0 aliphatic heterocycles. The first-order chi connectivity index (χ1) is 13.0. The topological polar surface area (TPSA) is 76.4 Å². The molecule has 3 rings (SSSR count). The number of aliphatic hydroxyl groups excluding tert-OH is 1. The Labute approximate surface area is 158 Å². The van der Waals surface area contributed by atoms with E-state index >= 15 is 0 Å². The van der Waals surface area contributed by atoms with Gasteiger partial charge in [0.2, 0.25) is 0 Å². The molecular formula is C21H23N3O3. The molecule has 0 aliphatic carbocycles. The van der Waals surface area contributed by atoms with Gasteiger partial charge in [0.15, 0.2) is 0 Å². The summed E-state index contributed by atoms with van der Waals surface area (Å²) in [6.07, 6.45) is 1.71. The van der Waals surface area contributed by atoms with Crippen molar-refractivity contribution in [3.63, 3.8) is 0 Å². The van der Waals surface area contributed by atoms with Gasteiger partial charge >= 0.3 is 0 Å². The minimum absolute atomic E-state index is 0.133. The lowest BCUT2D eigenvalue weighted by atomic mass is 10.1. The van der Waals surface area contributed by atoms with Crippen molar-refractivity contribution < 1.29 is 14.6 Å². The molecule has 1 amide bonds. The number of nitrogens with zero attached hydrogens (tertiary/aromatic N) is 2. The maximum absolute atomic E-state index is 12.8. The molecule has 0 saturated heterocycles. The molecule has 3 aromatic rings. The van der Waals surface area contributed by atoms with Gasteiger partial charge in [-0.05, 0) is 38.1 Å². The number of aromatic nitrogens is 2. The molecular weight excluding hydrogens is 342 g/mol. The van der Waals surface area contributed by atoms with E-state index in [2.05, 4.69) is 10.4 Å². The van der Waals surface area contributed by atoms with Crippen molar-refractivity contribution in [2.24, 2.45) is 0 Å². The van der Waals surface area contributed by atoms with E-state index in [1.165, 1.54) is 0 Å². The van der Waals surface area contributed by atoms with E-state index in [9.17, 15) is 9.90 Å². The fourth-order valence-corrected chi connectivity index (χ4v) is 2.70. The third-order valence-electron chi connectivity index (χ3n) is 4.25. The maximum Gasteiger partial charge on any atom is 0.255 e. The fourth-order valence-electron chi connectivity index (χ4n) is 2.70. The number of rotatable bonds is 6. The summed E-state index contributed by atoms with van der Waals surface area (Å²) in [5, 5.41) is 16.7. The number of amides is 1. The van der Waals surface area contributed by atoms with Gasteiger partial charge in [-0.15, -0.1) is 0 Å². The van der Waals surface area contributed by atoms with Crippen LogP contribution in [0.5, 0.6) is 5.75 Å². The Kier molecular flexibility index (Phi) is 5.57. The number of aliphatic hydroxyl groups is 1. The van der Waals surface area contributed by atoms with E-state index in [-0.39, 0.29) is 18.6 Å². The molecule has 0 fully saturated rings. The minimum Gasteiger partial charge on any atom is -0.497 e. The molecule has 0 aliphatic rings. The number of methoxy groups -OCH3 is 1. The second-order valence-corrected chi connectivity index (χ2v) is 6.46. The summed E-state index contributed by atoms with van der Waals surface area (Å²) in [5.74, 6) is 0.403. The molecule has 1 aromatic heterocycles. The zero-order chi connectivity index (χ0) is 19.4. The second-order valence-electron chi connectivity index (χ2n) is 6.46. The number of carbonyl (C=O) groups is 1. The van der Waals surface area contributed by atoms with E-state index in [0.29, 0.717) is 17.0 Å². The highest BCUT2D eigenvalue weighted by molar-refractivity contribution is 6.00. The maximum atomic E-state index is 12.8. The van der Waals surface area contributed by atoms with Gasteiger partial charge in [-0.2, -0.15) is 5.10 Å². The second kappa shape index (κ2) is 8.05. The van der Waals surface area contributed by atoms with Crippen LogP contribution in [0.2, 0.25) is 0 Å². The summed E-state index contributed by atoms with van der Waals surface area (Å²) in [4.78, 5) is 12.8. The Morgan fingerprint density at radius 2 is 2.00 bits per heavy atom. The molecule has 27 heavy (non-hydrogen) atoms. The van der Waals surface area contributed by atoms with Crippen LogP contribution in [0.3, 0.4) is 0 Å². The number of hydrogen-bond acceptors (Lipinski definition) is 4. The molecule has 0 radical (unpaired) electrons. The van der Waals surface area contributed by atoms with E-state index in [1.54, 1.807) is 24.9 Å². The quantitative estimate of drug-likeness (QED) is 0.704. The third kappa shape index (κ3) is 4.17. The van der Waals surface area contributed by atoms with Crippen LogP contribution in [-0.2, 0) is 0 Å². The first-order valence-electron chi connectivity index (χ1n) is 8.74. The van der Waals surface area contributed by atoms with Gasteiger partial charge in [0.25, 0.3) is 5.91 Å². The molecule has 0 saturated carbocycles. The Bertz CT molecular complexity index is 932. The highest BCUT2D eigenvalue weighted by Gasteiger charge is 2.20. The molecule has 6 heteroatoms. The van der Waals surface area contributed by atoms with E-state index in [0.717, 1.165) is 16.8 Å². The van der Waals surface area contributed by atoms with E-state index in [4.69, 9.17) is 4.74 Å². The van der Waals surface area contributed by atoms with Gasteiger partial charge < -0.3 is 15.2 Å². The molecule has 1 unspecified atom stereocenters. The average molecular weight is 365 g/mol. The van der Waals surface area contributed by atoms with Crippen molar-refractivity contribution in [2.75, 3.05) is 13.7 Å². The number of aryl methyl sites for hydroxylation is 1. The number of carbonyl (C=O) groups excluding carboxylic acids is 1. The standard InChI is InChI=1S/C21H23N3O3/c1-14-7-9-17(10-8-14)24-12-19(21(26)22-15(2)13-25)20(23-24)16-5-4-6-18(11-16)27-3/h4-12,15,25H,13H2,1-3H3,(H,22,26). The third-order valence-corrected chi connectivity index (χ3v) is 4.25. The SMILES string of the molecule is COc1cccc(-c2nn(-c3ccc(C)cc3)cc2C(=O)NC(C)CO)c1. The molecule has 1 atom stereocenters. The van der Waals surface area contributed by atoms with Gasteiger partial charge in [0.05, 0.1) is 25.0 Å². The first-order valence-corrected chi connectivity index (χ1v) is 8.74. The summed E-state index contributed by atoms with van der Waals surface area (Å²) in [5.41, 5.74) is 3.77. The fraction of sp³-hybridized carbons (Fsp3) is 0.238. The number of nitrogens with one attached hydrogen (secondary N) is 1. The van der Waals surface area contributed by atoms with Crippen LogP contribution >= 0.6 is 0 Å². The largest absolute Gasteiger partial charge is 0.497 e. The molecule has 2 aromatic carbocycles. The van der Waals surface area contributed by atoms with Crippen LogP contribution in [0.4, 0.5) is 0 Å². The Balaban J connectivity index is 2.08. The summed E-state index contributed by atoms with van der Waals surface area (Å²) in [6, 6.07) is 15.0. The van der Waals surface area contributed by atoms with Crippen molar-refractivity contribution in [1.29, 1.82) is 0 Å². The number of ether oxygens (including phenoxy) is 1. The molecule has 0 spiro atoms. The van der Waals surface area contributed by atoms with Crippen molar-refractivity contribution >= 4 is 5.91 Å². The lowest BCUT2D eigenvalue weighted by Gasteiger charge is -2.10. The number of hydrogen-bond donors (Lipinski definition) is 2. The highest BCUT2D eigenvalue weighted by atomic mass is 16.5. The van der Waals surface area contributed by atoms with E-state index in [1.807, 2.05) is 55.5 Å². The normalized spacial score (nSPS) is 11.9. The Morgan fingerprint density at radius 1 is 1.26 bits per heavy atom. The van der Waals surface area contributed by atoms with Crippen LogP contribution in [0.15, 0.2) is 54.7 Å². The van der Waals surface area contributed by atoms with Crippen molar-refractivity contribution in [3.05, 3.63) is 65.9 Å². The predicted molar refractivity (Wildman–Crippen MR) is 104 cm³/mol. The van der Waals surface area contributed by atoms with Crippen LogP contribution in [-0.4, -0.2) is 40.6 Å². The molecule has 6 nitrogen and oxygen atoms in total. The Morgan fingerprint density at radius 3 is 2.67 bits per heavy atom. The summed E-state index contributed by atoms with van der Waals surface area (Å²) in [7, 11) is 1.60. The van der Waals surface area contributed by atoms with Crippen LogP contribution in [0.25, 0.3) is 16.9 Å². The van der Waals surface area contributed by atoms with Crippen LogP contribution < -0.4 is 10.1 Å². The predicted octanol–water partition coefficient (Wildman–Crippen LogP) is 2.97. The molecule has 0 bridgehead atoms. The molecule has 140 valence electrons. The molecule has 2 N–H and O–H groups in total. The van der Waals surface area contributed by atoms with Crippen molar-refractivity contribution in [2.45, 2.75) is 19.9 Å². The Hall–Kier alpha value is -3.12. The lowest BCUT2D eigenvalue weighted by molar-refractivity contribution is 0.0923. The van der Waals surface area contributed by atoms with Gasteiger partial charge in [-0.3, -0.25) is 4.79 Å². The highest BCUT2D eigenvalue weighted by Crippen LogP contribution is 2.27. The van der Waals surface area contributed by atoms with Gasteiger partial charge in [-0.25, -0.2) is 4.68 Å². The summed E-state index contributed by atoms with van der Waals surface area (Å²) in [6.45, 7) is 3.63. The van der Waals surface area contributed by atoms with Gasteiger partial charge in [0.1, 0.15) is 11.4 Å². The summed E-state index contributed by atoms with van der Waals surface area (Å²) < 4.78 is 6.98. The molecule has 1 heterocycles. The monoisotopic (exact) mass is 365 g/mol. The smallest absolute Gasteiger partial charge is 0.255 e. The van der Waals surface area contributed by atoms with Crippen molar-refractivity contribution in [1.82, 2.24) is 15.1 Å². The summed E-state index contributed by atoms with van der Waals surface area (Å²) >= 11 is 0. The van der Waals surface area contributed by atoms with Crippen LogP contribution in [0.1, 0.15) is 22.8 Å². The zero-order valence-electron chi connectivity index (χ0n) is 15.6. The van der Waals surface area contributed by atoms with E-state index < -0.39 is 0 Å². The van der Waals surface area contributed by atoms with Gasteiger partial charge in [0, 0.05) is 17.8 Å². The van der Waals surface area contributed by atoms with Crippen molar-refractivity contribution in [3.8, 4) is 22.7 Å². The van der Waals surface area contributed by atoms with Gasteiger partial charge in [-0.1, -0.05) is 29.8 Å². The zero-order valence-corrected chi connectivity index (χ0v) is 15.6.